The van der Waals surface area contributed by atoms with Gasteiger partial charge in [0.2, 0.25) is 0 Å². The second kappa shape index (κ2) is 5.26. The molecule has 0 aliphatic rings. The van der Waals surface area contributed by atoms with Crippen LogP contribution >= 0.6 is 0 Å². The van der Waals surface area contributed by atoms with Gasteiger partial charge in [0, 0.05) is 0 Å². The van der Waals surface area contributed by atoms with E-state index in [4.69, 9.17) is 0 Å². The highest BCUT2D eigenvalue weighted by Crippen LogP contribution is 2.03. The van der Waals surface area contributed by atoms with Crippen LogP contribution in [0.4, 0.5) is 0 Å². The molecule has 1 aromatic rings. The number of carbonyl (C=O) groups is 2. The summed E-state index contributed by atoms with van der Waals surface area (Å²) in [6.45, 7) is 1.42. The molecule has 0 saturated heterocycles. The summed E-state index contributed by atoms with van der Waals surface area (Å²) in [4.78, 5) is 21.9. The molecule has 0 aromatic heterocycles. The largest absolute Gasteiger partial charge is 0.299 e. The van der Waals surface area contributed by atoms with Crippen molar-refractivity contribution >= 4 is 11.7 Å². The van der Waals surface area contributed by atoms with Crippen LogP contribution < -0.4 is 0 Å². The lowest BCUT2D eigenvalue weighted by Crippen LogP contribution is -2.28. The number of hydrogen-bond donors (Lipinski definition) is 1. The average molecular weight is 207 g/mol. The molecule has 0 bridgehead atoms. The highest BCUT2D eigenvalue weighted by molar-refractivity contribution is 5.96. The fourth-order valence-corrected chi connectivity index (χ4v) is 1.15. The van der Waals surface area contributed by atoms with Crippen LogP contribution in [0.25, 0.3) is 0 Å². The van der Waals surface area contributed by atoms with Crippen molar-refractivity contribution in [2.75, 3.05) is 0 Å². The molecule has 0 heterocycles. The third-order valence-corrected chi connectivity index (χ3v) is 1.86. The van der Waals surface area contributed by atoms with Crippen LogP contribution in [-0.2, 0) is 16.1 Å². The van der Waals surface area contributed by atoms with Crippen LogP contribution in [0.3, 0.4) is 0 Å². The Morgan fingerprint density at radius 1 is 1.27 bits per heavy atom. The second-order valence-electron chi connectivity index (χ2n) is 3.32. The maximum atomic E-state index is 11.2. The van der Waals surface area contributed by atoms with Gasteiger partial charge in [-0.05, 0) is 12.5 Å². The molecule has 4 heteroatoms. The molecular weight excluding hydrogens is 194 g/mol. The molecular formula is C11H13NO3. The molecule has 0 aliphatic carbocycles. The van der Waals surface area contributed by atoms with E-state index in [1.807, 2.05) is 18.2 Å². The third-order valence-electron chi connectivity index (χ3n) is 1.86. The predicted molar refractivity (Wildman–Crippen MR) is 54.1 cm³/mol. The lowest BCUT2D eigenvalue weighted by Gasteiger charge is -2.13. The van der Waals surface area contributed by atoms with E-state index in [9.17, 15) is 14.8 Å². The van der Waals surface area contributed by atoms with E-state index in [2.05, 4.69) is 0 Å². The topological polar surface area (TPSA) is 57.6 Å². The summed E-state index contributed by atoms with van der Waals surface area (Å²) in [5, 5.41) is 9.92. The molecule has 1 rings (SSSR count). The summed E-state index contributed by atoms with van der Waals surface area (Å²) in [5.74, 6) is -0.835. The lowest BCUT2D eigenvalue weighted by atomic mass is 10.2. The number of hydroxylamine groups is 2. The summed E-state index contributed by atoms with van der Waals surface area (Å²) >= 11 is 0. The number of amides is 1. The normalized spacial score (nSPS) is 9.73. The van der Waals surface area contributed by atoms with Gasteiger partial charge in [0.05, 0.1) is 13.0 Å². The van der Waals surface area contributed by atoms with Gasteiger partial charge in [0.1, 0.15) is 5.78 Å². The van der Waals surface area contributed by atoms with E-state index in [1.165, 1.54) is 6.92 Å². The quantitative estimate of drug-likeness (QED) is 0.461. The first-order chi connectivity index (χ1) is 7.09. The van der Waals surface area contributed by atoms with Gasteiger partial charge >= 0.3 is 0 Å². The number of rotatable bonds is 4. The number of ketones is 1. The van der Waals surface area contributed by atoms with E-state index in [0.29, 0.717) is 5.06 Å². The molecule has 0 radical (unpaired) electrons. The summed E-state index contributed by atoms with van der Waals surface area (Å²) in [7, 11) is 0. The first-order valence-corrected chi connectivity index (χ1v) is 4.62. The van der Waals surface area contributed by atoms with Crippen molar-refractivity contribution in [3.63, 3.8) is 0 Å². The maximum Gasteiger partial charge on any atom is 0.253 e. The molecule has 80 valence electrons. The number of nitrogens with zero attached hydrogens (tertiary/aromatic N) is 1. The molecule has 4 nitrogen and oxygen atoms in total. The van der Waals surface area contributed by atoms with Gasteiger partial charge in [-0.15, -0.1) is 0 Å². The summed E-state index contributed by atoms with van der Waals surface area (Å²) < 4.78 is 0. The molecule has 1 aromatic carbocycles. The Morgan fingerprint density at radius 2 is 1.87 bits per heavy atom. The van der Waals surface area contributed by atoms with Crippen molar-refractivity contribution in [2.24, 2.45) is 0 Å². The Bertz CT molecular complexity index is 348. The number of hydrogen-bond acceptors (Lipinski definition) is 3. The second-order valence-corrected chi connectivity index (χ2v) is 3.32. The monoisotopic (exact) mass is 207 g/mol. The van der Waals surface area contributed by atoms with E-state index < -0.39 is 5.91 Å². The van der Waals surface area contributed by atoms with Gasteiger partial charge in [0.15, 0.2) is 0 Å². The molecule has 0 unspecified atom stereocenters. The minimum atomic E-state index is -0.577. The smallest absolute Gasteiger partial charge is 0.253 e. The van der Waals surface area contributed by atoms with Gasteiger partial charge < -0.3 is 0 Å². The minimum Gasteiger partial charge on any atom is -0.299 e. The maximum absolute atomic E-state index is 11.2. The van der Waals surface area contributed by atoms with E-state index in [-0.39, 0.29) is 18.7 Å². The van der Waals surface area contributed by atoms with Crippen LogP contribution in [0.15, 0.2) is 30.3 Å². The standard InChI is InChI=1S/C11H13NO3/c1-9(13)7-11(14)12(15)8-10-5-3-2-4-6-10/h2-6,15H,7-8H2,1H3. The van der Waals surface area contributed by atoms with Gasteiger partial charge in [0.25, 0.3) is 5.91 Å². The Labute approximate surface area is 88.1 Å². The van der Waals surface area contributed by atoms with Crippen LogP contribution in [0.2, 0.25) is 0 Å². The van der Waals surface area contributed by atoms with Gasteiger partial charge in [-0.25, -0.2) is 5.06 Å². The van der Waals surface area contributed by atoms with Gasteiger partial charge in [-0.2, -0.15) is 0 Å². The van der Waals surface area contributed by atoms with Crippen molar-refractivity contribution < 1.29 is 14.8 Å². The fourth-order valence-electron chi connectivity index (χ4n) is 1.15. The predicted octanol–water partition coefficient (Wildman–Crippen LogP) is 1.38. The minimum absolute atomic E-state index is 0.104. The highest BCUT2D eigenvalue weighted by atomic mass is 16.5. The van der Waals surface area contributed by atoms with E-state index >= 15 is 0 Å². The summed E-state index contributed by atoms with van der Waals surface area (Å²) in [6.07, 6.45) is -0.261. The number of Topliss-reactive ketones (excluding diaryl/α,β-unsaturated/α-hetero) is 1. The van der Waals surface area contributed by atoms with Crippen molar-refractivity contribution in [3.05, 3.63) is 35.9 Å². The zero-order valence-corrected chi connectivity index (χ0v) is 8.51. The lowest BCUT2D eigenvalue weighted by molar-refractivity contribution is -0.168. The number of carbonyl (C=O) groups excluding carboxylic acids is 2. The van der Waals surface area contributed by atoms with Crippen LogP contribution in [-0.4, -0.2) is 22.0 Å². The van der Waals surface area contributed by atoms with Crippen molar-refractivity contribution in [2.45, 2.75) is 19.9 Å². The van der Waals surface area contributed by atoms with Crippen LogP contribution in [0.1, 0.15) is 18.9 Å². The first-order valence-electron chi connectivity index (χ1n) is 4.62. The molecule has 1 N–H and O–H groups in total. The van der Waals surface area contributed by atoms with Gasteiger partial charge in [-0.3, -0.25) is 14.8 Å². The highest BCUT2D eigenvalue weighted by Gasteiger charge is 2.12. The molecule has 0 saturated carbocycles. The SMILES string of the molecule is CC(=O)CC(=O)N(O)Cc1ccccc1. The molecule has 1 amide bonds. The summed E-state index contributed by atoms with van der Waals surface area (Å²) in [5.41, 5.74) is 0.817. The molecule has 0 spiro atoms. The molecule has 0 aliphatic heterocycles. The number of benzene rings is 1. The van der Waals surface area contributed by atoms with Crippen molar-refractivity contribution in [1.29, 1.82) is 0 Å². The zero-order chi connectivity index (χ0) is 11.3. The third kappa shape index (κ3) is 3.91. The Morgan fingerprint density at radius 3 is 2.40 bits per heavy atom. The van der Waals surface area contributed by atoms with Crippen LogP contribution in [0.5, 0.6) is 0 Å². The van der Waals surface area contributed by atoms with E-state index in [0.717, 1.165) is 5.56 Å². The zero-order valence-electron chi connectivity index (χ0n) is 8.51. The molecule has 0 fully saturated rings. The Hall–Kier alpha value is -1.68. The molecule has 15 heavy (non-hydrogen) atoms. The first kappa shape index (κ1) is 11.4. The molecule has 0 atom stereocenters. The van der Waals surface area contributed by atoms with Crippen LogP contribution in [0, 0.1) is 0 Å². The van der Waals surface area contributed by atoms with Gasteiger partial charge in [-0.1, -0.05) is 30.3 Å². The average Bonchev–Trinajstić information content (AvgIpc) is 2.18. The van der Waals surface area contributed by atoms with Crippen molar-refractivity contribution in [1.82, 2.24) is 5.06 Å². The Kier molecular flexibility index (Phi) is 4.00. The Balaban J connectivity index is 2.52. The van der Waals surface area contributed by atoms with E-state index in [1.54, 1.807) is 12.1 Å². The van der Waals surface area contributed by atoms with Crippen molar-refractivity contribution in [3.8, 4) is 0 Å². The summed E-state index contributed by atoms with van der Waals surface area (Å²) in [6, 6.07) is 9.08. The fraction of sp³-hybridized carbons (Fsp3) is 0.273.